The van der Waals surface area contributed by atoms with Gasteiger partial charge in [-0.05, 0) is 54.1 Å². The lowest BCUT2D eigenvalue weighted by molar-refractivity contribution is 0.102. The Bertz CT molecular complexity index is 1120. The average molecular weight is 392 g/mol. The van der Waals surface area contributed by atoms with E-state index in [1.165, 1.54) is 24.3 Å². The van der Waals surface area contributed by atoms with Crippen LogP contribution in [0.4, 0.5) is 5.69 Å². The quantitative estimate of drug-likeness (QED) is 0.670. The molecule has 0 unspecified atom stereocenters. The summed E-state index contributed by atoms with van der Waals surface area (Å²) in [5, 5.41) is 11.5. The minimum atomic E-state index is -3.79. The Kier molecular flexibility index (Phi) is 5.79. The van der Waals surface area contributed by atoms with Crippen molar-refractivity contribution in [1.82, 2.24) is 9.71 Å². The van der Waals surface area contributed by atoms with E-state index in [0.717, 1.165) is 5.56 Å². The van der Waals surface area contributed by atoms with Gasteiger partial charge in [-0.25, -0.2) is 13.1 Å². The van der Waals surface area contributed by atoms with Crippen molar-refractivity contribution >= 4 is 21.6 Å². The number of rotatable bonds is 6. The number of aromatic nitrogens is 1. The number of nitrogens with zero attached hydrogens (tertiary/aromatic N) is 2. The minimum absolute atomic E-state index is 0.0103. The Balaban J connectivity index is 1.73. The van der Waals surface area contributed by atoms with Crippen molar-refractivity contribution in [2.75, 3.05) is 5.32 Å². The van der Waals surface area contributed by atoms with E-state index in [1.807, 2.05) is 6.07 Å². The Hall–Kier alpha value is -3.54. The number of amides is 1. The van der Waals surface area contributed by atoms with Gasteiger partial charge in [0.2, 0.25) is 10.0 Å². The van der Waals surface area contributed by atoms with Gasteiger partial charge >= 0.3 is 0 Å². The van der Waals surface area contributed by atoms with Crippen LogP contribution in [-0.4, -0.2) is 19.3 Å². The first-order valence-electron chi connectivity index (χ1n) is 8.28. The molecule has 0 aliphatic heterocycles. The van der Waals surface area contributed by atoms with E-state index in [0.29, 0.717) is 11.3 Å². The van der Waals surface area contributed by atoms with Crippen LogP contribution in [0.5, 0.6) is 0 Å². The van der Waals surface area contributed by atoms with Gasteiger partial charge in [0.15, 0.2) is 0 Å². The molecule has 2 aromatic carbocycles. The molecule has 0 saturated carbocycles. The summed E-state index contributed by atoms with van der Waals surface area (Å²) < 4.78 is 27.5. The molecule has 0 spiro atoms. The van der Waals surface area contributed by atoms with Crippen LogP contribution in [-0.2, 0) is 16.6 Å². The second-order valence-electron chi connectivity index (χ2n) is 5.86. The molecular formula is C20H16N4O3S. The van der Waals surface area contributed by atoms with E-state index in [4.69, 9.17) is 5.26 Å². The topological polar surface area (TPSA) is 112 Å². The Morgan fingerprint density at radius 2 is 1.86 bits per heavy atom. The fourth-order valence-corrected chi connectivity index (χ4v) is 3.46. The van der Waals surface area contributed by atoms with Gasteiger partial charge in [0.25, 0.3) is 5.91 Å². The van der Waals surface area contributed by atoms with E-state index in [1.54, 1.807) is 48.8 Å². The predicted octanol–water partition coefficient (Wildman–Crippen LogP) is 2.68. The van der Waals surface area contributed by atoms with Crippen molar-refractivity contribution in [2.24, 2.45) is 0 Å². The number of anilines is 1. The summed E-state index contributed by atoms with van der Waals surface area (Å²) in [4.78, 5) is 16.4. The van der Waals surface area contributed by atoms with Gasteiger partial charge in [-0.1, -0.05) is 12.1 Å². The highest BCUT2D eigenvalue weighted by atomic mass is 32.2. The average Bonchev–Trinajstić information content (AvgIpc) is 2.74. The first-order chi connectivity index (χ1) is 13.5. The van der Waals surface area contributed by atoms with Crippen molar-refractivity contribution in [1.29, 1.82) is 5.26 Å². The molecule has 140 valence electrons. The third-order valence-corrected chi connectivity index (χ3v) is 5.27. The largest absolute Gasteiger partial charge is 0.322 e. The lowest BCUT2D eigenvalue weighted by Gasteiger charge is -2.09. The molecule has 3 rings (SSSR count). The van der Waals surface area contributed by atoms with Crippen molar-refractivity contribution in [3.8, 4) is 6.07 Å². The van der Waals surface area contributed by atoms with Crippen LogP contribution in [0.2, 0.25) is 0 Å². The molecule has 0 aliphatic carbocycles. The second kappa shape index (κ2) is 8.43. The third kappa shape index (κ3) is 4.79. The highest BCUT2D eigenvalue weighted by Crippen LogP contribution is 2.15. The maximum atomic E-state index is 12.5. The van der Waals surface area contributed by atoms with Crippen LogP contribution < -0.4 is 10.0 Å². The van der Waals surface area contributed by atoms with E-state index in [2.05, 4.69) is 15.0 Å². The Morgan fingerprint density at radius 3 is 2.54 bits per heavy atom. The summed E-state index contributed by atoms with van der Waals surface area (Å²) in [6.45, 7) is 0.0951. The number of carbonyl (C=O) groups excluding carboxylic acids is 1. The summed E-state index contributed by atoms with van der Waals surface area (Å²) >= 11 is 0. The zero-order chi connectivity index (χ0) is 20.0. The van der Waals surface area contributed by atoms with Crippen LogP contribution in [0.15, 0.2) is 78.0 Å². The molecule has 0 aliphatic rings. The van der Waals surface area contributed by atoms with E-state index in [9.17, 15) is 13.2 Å². The van der Waals surface area contributed by atoms with Gasteiger partial charge in [-0.3, -0.25) is 9.78 Å². The molecule has 3 aromatic rings. The number of nitrogens with one attached hydrogen (secondary N) is 2. The molecule has 0 atom stereocenters. The molecule has 0 saturated heterocycles. The number of pyridine rings is 1. The van der Waals surface area contributed by atoms with Crippen LogP contribution in [0.3, 0.4) is 0 Å². The van der Waals surface area contributed by atoms with Gasteiger partial charge in [0, 0.05) is 30.2 Å². The van der Waals surface area contributed by atoms with Gasteiger partial charge in [-0.15, -0.1) is 0 Å². The van der Waals surface area contributed by atoms with Gasteiger partial charge in [0.05, 0.1) is 16.5 Å². The molecule has 0 fully saturated rings. The van der Waals surface area contributed by atoms with Crippen molar-refractivity contribution in [2.45, 2.75) is 11.4 Å². The number of hydrogen-bond acceptors (Lipinski definition) is 5. The number of sulfonamides is 1. The molecule has 0 radical (unpaired) electrons. The summed E-state index contributed by atoms with van der Waals surface area (Å²) in [5.74, 6) is -0.450. The van der Waals surface area contributed by atoms with Gasteiger partial charge in [-0.2, -0.15) is 5.26 Å². The molecule has 28 heavy (non-hydrogen) atoms. The normalized spacial score (nSPS) is 10.8. The highest BCUT2D eigenvalue weighted by Gasteiger charge is 2.16. The smallest absolute Gasteiger partial charge is 0.255 e. The standard InChI is InChI=1S/C20H16N4O3S/c21-12-15-6-8-18(9-7-15)24-20(25)17-4-1-5-19(11-17)28(26,27)23-14-16-3-2-10-22-13-16/h1-11,13,23H,14H2,(H,24,25). The molecule has 0 bridgehead atoms. The van der Waals surface area contributed by atoms with Crippen LogP contribution >= 0.6 is 0 Å². The monoisotopic (exact) mass is 392 g/mol. The van der Waals surface area contributed by atoms with Crippen LogP contribution in [0.1, 0.15) is 21.5 Å². The maximum Gasteiger partial charge on any atom is 0.255 e. The van der Waals surface area contributed by atoms with Gasteiger partial charge in [0.1, 0.15) is 0 Å². The minimum Gasteiger partial charge on any atom is -0.322 e. The summed E-state index contributed by atoms with van der Waals surface area (Å²) in [5.41, 5.74) is 1.91. The molecular weight excluding hydrogens is 376 g/mol. The lowest BCUT2D eigenvalue weighted by atomic mass is 10.2. The first-order valence-corrected chi connectivity index (χ1v) is 9.76. The van der Waals surface area contributed by atoms with Crippen LogP contribution in [0, 0.1) is 11.3 Å². The van der Waals surface area contributed by atoms with Crippen molar-refractivity contribution in [3.05, 3.63) is 89.7 Å². The van der Waals surface area contributed by atoms with Gasteiger partial charge < -0.3 is 5.32 Å². The maximum absolute atomic E-state index is 12.5. The summed E-state index contributed by atoms with van der Waals surface area (Å²) in [7, 11) is -3.79. The molecule has 2 N–H and O–H groups in total. The van der Waals surface area contributed by atoms with Crippen molar-refractivity contribution in [3.63, 3.8) is 0 Å². The Labute approximate surface area is 162 Å². The molecule has 1 aromatic heterocycles. The SMILES string of the molecule is N#Cc1ccc(NC(=O)c2cccc(S(=O)(=O)NCc3cccnc3)c2)cc1. The van der Waals surface area contributed by atoms with E-state index < -0.39 is 15.9 Å². The third-order valence-electron chi connectivity index (χ3n) is 3.87. The number of benzene rings is 2. The molecule has 1 heterocycles. The highest BCUT2D eigenvalue weighted by molar-refractivity contribution is 7.89. The molecule has 8 heteroatoms. The summed E-state index contributed by atoms with van der Waals surface area (Å²) in [6, 6.07) is 17.6. The number of hydrogen-bond donors (Lipinski definition) is 2. The predicted molar refractivity (Wildman–Crippen MR) is 104 cm³/mol. The Morgan fingerprint density at radius 1 is 1.07 bits per heavy atom. The van der Waals surface area contributed by atoms with Crippen LogP contribution in [0.25, 0.3) is 0 Å². The zero-order valence-corrected chi connectivity index (χ0v) is 15.5. The number of nitriles is 1. The summed E-state index contributed by atoms with van der Waals surface area (Å²) in [6.07, 6.45) is 3.18. The second-order valence-corrected chi connectivity index (χ2v) is 7.62. The first kappa shape index (κ1) is 19.2. The fourth-order valence-electron chi connectivity index (χ4n) is 2.40. The molecule has 7 nitrogen and oxygen atoms in total. The van der Waals surface area contributed by atoms with E-state index >= 15 is 0 Å². The fraction of sp³-hybridized carbons (Fsp3) is 0.0500. The molecule has 1 amide bonds. The van der Waals surface area contributed by atoms with Crippen molar-refractivity contribution < 1.29 is 13.2 Å². The number of carbonyl (C=O) groups is 1. The zero-order valence-electron chi connectivity index (χ0n) is 14.7. The lowest BCUT2D eigenvalue weighted by Crippen LogP contribution is -2.23. The van der Waals surface area contributed by atoms with E-state index in [-0.39, 0.29) is 17.0 Å².